The second-order valence-electron chi connectivity index (χ2n) is 7.67. The van der Waals surface area contributed by atoms with Crippen LogP contribution in [0.1, 0.15) is 40.1 Å². The molecule has 0 saturated heterocycles. The van der Waals surface area contributed by atoms with Crippen molar-refractivity contribution in [2.24, 2.45) is 0 Å². The molecule has 0 fully saturated rings. The van der Waals surface area contributed by atoms with E-state index in [9.17, 15) is 22.8 Å². The van der Waals surface area contributed by atoms with Crippen molar-refractivity contribution in [1.29, 1.82) is 0 Å². The molecule has 1 amide bonds. The minimum atomic E-state index is -3.94. The number of Topliss-reactive ketones (excluding diaryl/α,β-unsaturated/α-hetero) is 1. The van der Waals surface area contributed by atoms with Gasteiger partial charge >= 0.3 is 5.97 Å². The lowest BCUT2D eigenvalue weighted by atomic mass is 10.1. The van der Waals surface area contributed by atoms with Crippen LogP contribution in [0.25, 0.3) is 0 Å². The van der Waals surface area contributed by atoms with Gasteiger partial charge in [-0.15, -0.1) is 0 Å². The van der Waals surface area contributed by atoms with Crippen LogP contribution in [-0.4, -0.2) is 32.2 Å². The van der Waals surface area contributed by atoms with Crippen LogP contribution in [0, 0.1) is 6.92 Å². The number of hydrogen-bond acceptors (Lipinski definition) is 6. The third-order valence-corrected chi connectivity index (χ3v) is 6.17. The number of sulfonamides is 1. The summed E-state index contributed by atoms with van der Waals surface area (Å²) in [5.41, 5.74) is 2.12. The number of esters is 1. The predicted octanol–water partition coefficient (Wildman–Crippen LogP) is 4.18. The Bertz CT molecular complexity index is 1330. The van der Waals surface area contributed by atoms with E-state index in [0.717, 1.165) is 5.56 Å². The molecule has 0 aliphatic heterocycles. The van der Waals surface area contributed by atoms with Crippen LogP contribution < -0.4 is 10.0 Å². The third kappa shape index (κ3) is 6.29. The summed E-state index contributed by atoms with van der Waals surface area (Å²) in [6.07, 6.45) is -1.11. The van der Waals surface area contributed by atoms with Crippen LogP contribution in [0.15, 0.2) is 77.7 Å². The normalized spacial score (nSPS) is 11.9. The number of amides is 1. The summed E-state index contributed by atoms with van der Waals surface area (Å²) in [6.45, 7) is 4.65. The Morgan fingerprint density at radius 1 is 0.853 bits per heavy atom. The molecular weight excluding hydrogens is 456 g/mol. The Kier molecular flexibility index (Phi) is 7.47. The van der Waals surface area contributed by atoms with Crippen molar-refractivity contribution < 1.29 is 27.5 Å². The topological polar surface area (TPSA) is 119 Å². The van der Waals surface area contributed by atoms with E-state index in [2.05, 4.69) is 10.0 Å². The van der Waals surface area contributed by atoms with Gasteiger partial charge in [-0.2, -0.15) is 0 Å². The minimum absolute atomic E-state index is 0.00669. The van der Waals surface area contributed by atoms with Gasteiger partial charge in [0.25, 0.3) is 10.0 Å². The van der Waals surface area contributed by atoms with Gasteiger partial charge in [-0.1, -0.05) is 18.2 Å². The first-order chi connectivity index (χ1) is 16.0. The number of anilines is 2. The van der Waals surface area contributed by atoms with Gasteiger partial charge in [0.15, 0.2) is 6.10 Å². The summed E-state index contributed by atoms with van der Waals surface area (Å²) in [5, 5.41) is 2.60. The number of hydrogen-bond donors (Lipinski definition) is 2. The van der Waals surface area contributed by atoms with Crippen molar-refractivity contribution in [3.05, 3.63) is 89.5 Å². The van der Waals surface area contributed by atoms with Gasteiger partial charge in [-0.25, -0.2) is 13.2 Å². The zero-order chi connectivity index (χ0) is 24.9. The SMILES string of the molecule is CC(=O)Nc1ccc(C(=O)C(C)OC(=O)c2cccc(S(=O)(=O)Nc3cccc(C)c3)c2)cc1. The largest absolute Gasteiger partial charge is 0.451 e. The van der Waals surface area contributed by atoms with Crippen molar-refractivity contribution in [2.75, 3.05) is 10.0 Å². The van der Waals surface area contributed by atoms with E-state index in [-0.39, 0.29) is 16.4 Å². The molecular formula is C25H24N2O6S. The van der Waals surface area contributed by atoms with Crippen molar-refractivity contribution in [2.45, 2.75) is 31.8 Å². The van der Waals surface area contributed by atoms with E-state index >= 15 is 0 Å². The predicted molar refractivity (Wildman–Crippen MR) is 128 cm³/mol. The van der Waals surface area contributed by atoms with Crippen molar-refractivity contribution in [3.8, 4) is 0 Å². The van der Waals surface area contributed by atoms with Crippen LogP contribution >= 0.6 is 0 Å². The number of ether oxygens (including phenoxy) is 1. The molecule has 0 aliphatic rings. The first-order valence-electron chi connectivity index (χ1n) is 10.4. The summed E-state index contributed by atoms with van der Waals surface area (Å²) < 4.78 is 33.3. The molecule has 0 heterocycles. The summed E-state index contributed by atoms with van der Waals surface area (Å²) >= 11 is 0. The summed E-state index contributed by atoms with van der Waals surface area (Å²) in [5.74, 6) is -1.50. The Balaban J connectivity index is 1.70. The second-order valence-corrected chi connectivity index (χ2v) is 9.36. The summed E-state index contributed by atoms with van der Waals surface area (Å²) in [6, 6.07) is 18.4. The summed E-state index contributed by atoms with van der Waals surface area (Å²) in [7, 11) is -3.94. The lowest BCUT2D eigenvalue weighted by Gasteiger charge is -2.14. The molecule has 9 heteroatoms. The number of carbonyl (C=O) groups is 3. The molecule has 1 unspecified atom stereocenters. The van der Waals surface area contributed by atoms with E-state index in [0.29, 0.717) is 16.9 Å². The molecule has 3 rings (SSSR count). The molecule has 2 N–H and O–H groups in total. The smallest absolute Gasteiger partial charge is 0.338 e. The fourth-order valence-electron chi connectivity index (χ4n) is 3.15. The van der Waals surface area contributed by atoms with Gasteiger partial charge in [0.1, 0.15) is 0 Å². The Morgan fingerprint density at radius 2 is 1.53 bits per heavy atom. The van der Waals surface area contributed by atoms with Gasteiger partial charge in [-0.3, -0.25) is 14.3 Å². The molecule has 0 radical (unpaired) electrons. The molecule has 8 nitrogen and oxygen atoms in total. The highest BCUT2D eigenvalue weighted by molar-refractivity contribution is 7.92. The van der Waals surface area contributed by atoms with Crippen LogP contribution in [0.3, 0.4) is 0 Å². The maximum Gasteiger partial charge on any atom is 0.338 e. The maximum atomic E-state index is 12.8. The minimum Gasteiger partial charge on any atom is -0.451 e. The highest BCUT2D eigenvalue weighted by Crippen LogP contribution is 2.19. The molecule has 0 spiro atoms. The average Bonchev–Trinajstić information content (AvgIpc) is 2.78. The number of benzene rings is 3. The molecule has 0 saturated carbocycles. The highest BCUT2D eigenvalue weighted by Gasteiger charge is 2.22. The molecule has 1 atom stereocenters. The second kappa shape index (κ2) is 10.3. The first-order valence-corrected chi connectivity index (χ1v) is 11.9. The van der Waals surface area contributed by atoms with Crippen LogP contribution in [-0.2, 0) is 19.6 Å². The number of carbonyl (C=O) groups excluding carboxylic acids is 3. The van der Waals surface area contributed by atoms with Crippen LogP contribution in [0.4, 0.5) is 11.4 Å². The van der Waals surface area contributed by atoms with E-state index in [1.807, 2.05) is 13.0 Å². The third-order valence-electron chi connectivity index (χ3n) is 4.79. The zero-order valence-electron chi connectivity index (χ0n) is 18.9. The van der Waals surface area contributed by atoms with Gasteiger partial charge < -0.3 is 10.1 Å². The lowest BCUT2D eigenvalue weighted by molar-refractivity contribution is -0.114. The molecule has 0 bridgehead atoms. The van der Waals surface area contributed by atoms with Crippen molar-refractivity contribution in [3.63, 3.8) is 0 Å². The molecule has 0 aromatic heterocycles. The molecule has 176 valence electrons. The molecule has 3 aromatic carbocycles. The zero-order valence-corrected chi connectivity index (χ0v) is 19.7. The number of rotatable bonds is 8. The van der Waals surface area contributed by atoms with Crippen LogP contribution in [0.2, 0.25) is 0 Å². The van der Waals surface area contributed by atoms with Gasteiger partial charge in [-0.05, 0) is 74.0 Å². The van der Waals surface area contributed by atoms with Gasteiger partial charge in [0.05, 0.1) is 10.5 Å². The fraction of sp³-hybridized carbons (Fsp3) is 0.160. The Labute approximate surface area is 198 Å². The van der Waals surface area contributed by atoms with Crippen molar-refractivity contribution in [1.82, 2.24) is 0 Å². The van der Waals surface area contributed by atoms with Crippen molar-refractivity contribution >= 4 is 39.1 Å². The molecule has 34 heavy (non-hydrogen) atoms. The lowest BCUT2D eigenvalue weighted by Crippen LogP contribution is -2.24. The maximum absolute atomic E-state index is 12.8. The first kappa shape index (κ1) is 24.7. The quantitative estimate of drug-likeness (QED) is 0.369. The average molecular weight is 481 g/mol. The van der Waals surface area contributed by atoms with Gasteiger partial charge in [0, 0.05) is 23.9 Å². The fourth-order valence-corrected chi connectivity index (χ4v) is 4.25. The van der Waals surface area contributed by atoms with E-state index in [4.69, 9.17) is 4.74 Å². The van der Waals surface area contributed by atoms with E-state index < -0.39 is 27.9 Å². The van der Waals surface area contributed by atoms with Gasteiger partial charge in [0.2, 0.25) is 11.7 Å². The Hall–Kier alpha value is -3.98. The standard InChI is InChI=1S/C25H24N2O6S/c1-16-6-4-8-22(14-16)27-34(31,32)23-9-5-7-20(15-23)25(30)33-17(2)24(29)19-10-12-21(13-11-19)26-18(3)28/h4-15,17,27H,1-3H3,(H,26,28). The van der Waals surface area contributed by atoms with E-state index in [1.165, 1.54) is 50.2 Å². The number of ketones is 1. The highest BCUT2D eigenvalue weighted by atomic mass is 32.2. The monoisotopic (exact) mass is 480 g/mol. The number of aryl methyl sites for hydroxylation is 1. The molecule has 0 aliphatic carbocycles. The molecule has 3 aromatic rings. The van der Waals surface area contributed by atoms with E-state index in [1.54, 1.807) is 30.3 Å². The summed E-state index contributed by atoms with van der Waals surface area (Å²) in [4.78, 5) is 36.2. The number of nitrogens with one attached hydrogen (secondary N) is 2. The Morgan fingerprint density at radius 3 is 2.18 bits per heavy atom. The van der Waals surface area contributed by atoms with Crippen LogP contribution in [0.5, 0.6) is 0 Å².